The van der Waals surface area contributed by atoms with Gasteiger partial charge in [-0.25, -0.2) is 5.10 Å². The van der Waals surface area contributed by atoms with Crippen molar-refractivity contribution in [2.45, 2.75) is 40.2 Å². The van der Waals surface area contributed by atoms with E-state index in [4.69, 9.17) is 5.73 Å². The van der Waals surface area contributed by atoms with Crippen molar-refractivity contribution in [1.82, 2.24) is 15.1 Å². The number of amides is 1. The van der Waals surface area contributed by atoms with Gasteiger partial charge in [-0.3, -0.25) is 9.59 Å². The Kier molecular flexibility index (Phi) is 7.60. The van der Waals surface area contributed by atoms with Gasteiger partial charge in [0.05, 0.1) is 5.69 Å². The minimum Gasteiger partial charge on any atom is -0.341 e. The fourth-order valence-corrected chi connectivity index (χ4v) is 1.85. The van der Waals surface area contributed by atoms with Gasteiger partial charge in [0.25, 0.3) is 11.5 Å². The van der Waals surface area contributed by atoms with Crippen LogP contribution < -0.4 is 11.3 Å². The highest BCUT2D eigenvalue weighted by Crippen LogP contribution is 2.09. The molecular weight excluding hydrogens is 292 g/mol. The number of H-pyrrole nitrogens is 1. The molecule has 1 aromatic rings. The van der Waals surface area contributed by atoms with Gasteiger partial charge < -0.3 is 10.6 Å². The lowest BCUT2D eigenvalue weighted by Crippen LogP contribution is -2.37. The SMILES string of the molecule is Cc1n[nH]c(=O)c(C(=O)N(C)CCC(N)C(C)C)c1C.Cl. The molecule has 0 aliphatic carbocycles. The van der Waals surface area contributed by atoms with Crippen molar-refractivity contribution < 1.29 is 4.79 Å². The zero-order valence-corrected chi connectivity index (χ0v) is 14.1. The first-order valence-electron chi connectivity index (χ1n) is 6.82. The Labute approximate surface area is 131 Å². The number of halogens is 1. The van der Waals surface area contributed by atoms with Crippen LogP contribution in [0.4, 0.5) is 0 Å². The van der Waals surface area contributed by atoms with Gasteiger partial charge in [0, 0.05) is 19.6 Å². The third-order valence-corrected chi connectivity index (χ3v) is 3.68. The van der Waals surface area contributed by atoms with Crippen LogP contribution in [0.2, 0.25) is 0 Å². The monoisotopic (exact) mass is 316 g/mol. The van der Waals surface area contributed by atoms with Gasteiger partial charge in [0.1, 0.15) is 5.56 Å². The predicted molar refractivity (Wildman–Crippen MR) is 86.0 cm³/mol. The molecule has 1 aromatic heterocycles. The number of aryl methyl sites for hydroxylation is 1. The smallest absolute Gasteiger partial charge is 0.277 e. The maximum absolute atomic E-state index is 12.4. The molecule has 6 nitrogen and oxygen atoms in total. The van der Waals surface area contributed by atoms with Crippen LogP contribution in [0.1, 0.15) is 41.9 Å². The van der Waals surface area contributed by atoms with Crippen molar-refractivity contribution in [2.24, 2.45) is 11.7 Å². The van der Waals surface area contributed by atoms with Crippen LogP contribution in [0.25, 0.3) is 0 Å². The molecule has 0 aliphatic heterocycles. The lowest BCUT2D eigenvalue weighted by Gasteiger charge is -2.22. The molecule has 7 heteroatoms. The van der Waals surface area contributed by atoms with Crippen molar-refractivity contribution in [3.63, 3.8) is 0 Å². The summed E-state index contributed by atoms with van der Waals surface area (Å²) >= 11 is 0. The summed E-state index contributed by atoms with van der Waals surface area (Å²) in [5.74, 6) is 0.0806. The van der Waals surface area contributed by atoms with Gasteiger partial charge in [-0.2, -0.15) is 5.10 Å². The summed E-state index contributed by atoms with van der Waals surface area (Å²) in [5.41, 5.74) is 6.97. The minimum absolute atomic E-state index is 0. The molecule has 0 aliphatic rings. The van der Waals surface area contributed by atoms with Crippen molar-refractivity contribution >= 4 is 18.3 Å². The number of rotatable bonds is 5. The van der Waals surface area contributed by atoms with Gasteiger partial charge in [0.15, 0.2) is 0 Å². The first-order chi connectivity index (χ1) is 9.25. The van der Waals surface area contributed by atoms with Gasteiger partial charge in [-0.05, 0) is 31.7 Å². The Balaban J connectivity index is 0.00000400. The van der Waals surface area contributed by atoms with Crippen LogP contribution in [0, 0.1) is 19.8 Å². The Morgan fingerprint density at radius 1 is 1.38 bits per heavy atom. The summed E-state index contributed by atoms with van der Waals surface area (Å²) in [4.78, 5) is 25.7. The van der Waals surface area contributed by atoms with Crippen molar-refractivity contribution in [3.05, 3.63) is 27.2 Å². The van der Waals surface area contributed by atoms with Crippen LogP contribution in [0.5, 0.6) is 0 Å². The molecule has 120 valence electrons. The third-order valence-electron chi connectivity index (χ3n) is 3.68. The molecule has 1 unspecified atom stereocenters. The zero-order valence-electron chi connectivity index (χ0n) is 13.3. The molecule has 0 radical (unpaired) electrons. The minimum atomic E-state index is -0.446. The second-order valence-corrected chi connectivity index (χ2v) is 5.56. The summed E-state index contributed by atoms with van der Waals surface area (Å²) in [6.07, 6.45) is 0.709. The summed E-state index contributed by atoms with van der Waals surface area (Å²) in [6.45, 7) is 8.12. The summed E-state index contributed by atoms with van der Waals surface area (Å²) in [6, 6.07) is 0.0452. The molecule has 1 amide bonds. The first-order valence-corrected chi connectivity index (χ1v) is 6.82. The van der Waals surface area contributed by atoms with Crippen molar-refractivity contribution in [3.8, 4) is 0 Å². The number of hydrogen-bond acceptors (Lipinski definition) is 4. The van der Waals surface area contributed by atoms with E-state index < -0.39 is 5.56 Å². The Morgan fingerprint density at radius 2 is 1.95 bits per heavy atom. The molecule has 0 saturated heterocycles. The normalized spacial score (nSPS) is 12.0. The molecule has 0 spiro atoms. The van der Waals surface area contributed by atoms with Crippen LogP contribution in [-0.4, -0.2) is 40.6 Å². The van der Waals surface area contributed by atoms with Gasteiger partial charge in [0.2, 0.25) is 0 Å². The Bertz CT molecular complexity index is 542. The lowest BCUT2D eigenvalue weighted by atomic mass is 10.0. The molecular formula is C14H25ClN4O2. The van der Waals surface area contributed by atoms with E-state index in [-0.39, 0.29) is 29.9 Å². The summed E-state index contributed by atoms with van der Waals surface area (Å²) in [7, 11) is 1.68. The van der Waals surface area contributed by atoms with E-state index in [0.29, 0.717) is 30.1 Å². The number of aromatic nitrogens is 2. The molecule has 0 bridgehead atoms. The van der Waals surface area contributed by atoms with E-state index in [1.54, 1.807) is 25.8 Å². The van der Waals surface area contributed by atoms with E-state index in [0.717, 1.165) is 0 Å². The number of nitrogens with zero attached hydrogens (tertiary/aromatic N) is 2. The number of nitrogens with two attached hydrogens (primary N) is 1. The van der Waals surface area contributed by atoms with Gasteiger partial charge in [-0.15, -0.1) is 12.4 Å². The molecule has 1 atom stereocenters. The quantitative estimate of drug-likeness (QED) is 0.855. The average Bonchev–Trinajstić information content (AvgIpc) is 2.39. The van der Waals surface area contributed by atoms with Crippen LogP contribution in [0.15, 0.2) is 4.79 Å². The topological polar surface area (TPSA) is 92.1 Å². The molecule has 0 aromatic carbocycles. The largest absolute Gasteiger partial charge is 0.341 e. The lowest BCUT2D eigenvalue weighted by molar-refractivity contribution is 0.0786. The van der Waals surface area contributed by atoms with E-state index in [2.05, 4.69) is 10.2 Å². The summed E-state index contributed by atoms with van der Waals surface area (Å²) < 4.78 is 0. The molecule has 21 heavy (non-hydrogen) atoms. The zero-order chi connectivity index (χ0) is 15.4. The maximum atomic E-state index is 12.4. The van der Waals surface area contributed by atoms with Crippen LogP contribution in [-0.2, 0) is 0 Å². The highest BCUT2D eigenvalue weighted by Gasteiger charge is 2.20. The third kappa shape index (κ3) is 4.82. The highest BCUT2D eigenvalue weighted by molar-refractivity contribution is 5.95. The molecule has 1 heterocycles. The fraction of sp³-hybridized carbons (Fsp3) is 0.643. The van der Waals surface area contributed by atoms with E-state index in [9.17, 15) is 9.59 Å². The molecule has 0 saturated carbocycles. The van der Waals surface area contributed by atoms with E-state index >= 15 is 0 Å². The van der Waals surface area contributed by atoms with Crippen molar-refractivity contribution in [1.29, 1.82) is 0 Å². The fourth-order valence-electron chi connectivity index (χ4n) is 1.85. The molecule has 0 fully saturated rings. The van der Waals surface area contributed by atoms with Gasteiger partial charge >= 0.3 is 0 Å². The predicted octanol–water partition coefficient (Wildman–Crippen LogP) is 1.25. The van der Waals surface area contributed by atoms with Gasteiger partial charge in [-0.1, -0.05) is 13.8 Å². The maximum Gasteiger partial charge on any atom is 0.277 e. The number of aromatic amines is 1. The molecule has 3 N–H and O–H groups in total. The Hall–Kier alpha value is -1.40. The van der Waals surface area contributed by atoms with Crippen molar-refractivity contribution in [2.75, 3.05) is 13.6 Å². The Morgan fingerprint density at radius 3 is 2.48 bits per heavy atom. The van der Waals surface area contributed by atoms with E-state index in [1.807, 2.05) is 13.8 Å². The number of nitrogens with one attached hydrogen (secondary N) is 1. The van der Waals surface area contributed by atoms with Crippen LogP contribution in [0.3, 0.4) is 0 Å². The average molecular weight is 317 g/mol. The molecule has 1 rings (SSSR count). The summed E-state index contributed by atoms with van der Waals surface area (Å²) in [5, 5.41) is 6.20. The number of carbonyl (C=O) groups is 1. The highest BCUT2D eigenvalue weighted by atomic mass is 35.5. The van der Waals surface area contributed by atoms with Crippen LogP contribution >= 0.6 is 12.4 Å². The first kappa shape index (κ1) is 19.6. The van der Waals surface area contributed by atoms with E-state index in [1.165, 1.54) is 0 Å². The number of hydrogen-bond donors (Lipinski definition) is 2. The second-order valence-electron chi connectivity index (χ2n) is 5.56. The second kappa shape index (κ2) is 8.14. The number of carbonyl (C=O) groups excluding carboxylic acids is 1. The standard InChI is InChI=1S/C14H24N4O2.ClH/c1-8(2)11(15)6-7-18(5)14(20)12-9(3)10(4)16-17-13(12)19;/h8,11H,6-7,15H2,1-5H3,(H,17,19);1H.